The lowest BCUT2D eigenvalue weighted by Gasteiger charge is -2.13. The molecule has 122 valence electrons. The van der Waals surface area contributed by atoms with Crippen molar-refractivity contribution in [3.8, 4) is 5.75 Å². The van der Waals surface area contributed by atoms with Crippen molar-refractivity contribution in [3.05, 3.63) is 41.7 Å². The van der Waals surface area contributed by atoms with Crippen LogP contribution in [0.1, 0.15) is 18.3 Å². The Kier molecular flexibility index (Phi) is 5.81. The zero-order valence-electron chi connectivity index (χ0n) is 13.6. The number of aromatic nitrogens is 2. The van der Waals surface area contributed by atoms with Crippen molar-refractivity contribution in [1.82, 2.24) is 15.4 Å². The van der Waals surface area contributed by atoms with Crippen LogP contribution in [0.15, 0.2) is 35.2 Å². The minimum atomic E-state index is -0.262. The third-order valence-corrected chi connectivity index (χ3v) is 4.13. The van der Waals surface area contributed by atoms with Crippen LogP contribution in [0, 0.1) is 13.8 Å². The van der Waals surface area contributed by atoms with Gasteiger partial charge in [-0.2, -0.15) is 0 Å². The van der Waals surface area contributed by atoms with Gasteiger partial charge in [0.05, 0.1) is 12.4 Å². The van der Waals surface area contributed by atoms with Crippen molar-refractivity contribution >= 4 is 23.6 Å². The van der Waals surface area contributed by atoms with Gasteiger partial charge in [-0.1, -0.05) is 0 Å². The van der Waals surface area contributed by atoms with Gasteiger partial charge in [0.1, 0.15) is 5.75 Å². The number of methoxy groups -OCH3 is 1. The summed E-state index contributed by atoms with van der Waals surface area (Å²) in [5.41, 5.74) is 7.08. The molecular formula is C16H20N4O2S. The van der Waals surface area contributed by atoms with Crippen LogP contribution in [0.25, 0.3) is 0 Å². The van der Waals surface area contributed by atoms with Gasteiger partial charge in [0.25, 0.3) is 5.91 Å². The third-order valence-electron chi connectivity index (χ3n) is 3.02. The van der Waals surface area contributed by atoms with E-state index in [1.54, 1.807) is 7.11 Å². The van der Waals surface area contributed by atoms with Crippen molar-refractivity contribution in [2.75, 3.05) is 12.5 Å². The Bertz CT molecular complexity index is 656. The van der Waals surface area contributed by atoms with Crippen molar-refractivity contribution < 1.29 is 9.53 Å². The van der Waals surface area contributed by atoms with Gasteiger partial charge in [-0.25, -0.2) is 9.97 Å². The molecular weight excluding hydrogens is 312 g/mol. The molecule has 2 N–H and O–H groups in total. The summed E-state index contributed by atoms with van der Waals surface area (Å²) in [7, 11) is 1.62. The first-order chi connectivity index (χ1) is 11.0. The second-order valence-corrected chi connectivity index (χ2v) is 6.44. The molecule has 0 spiro atoms. The maximum absolute atomic E-state index is 12.1. The molecule has 1 amide bonds. The highest BCUT2D eigenvalue weighted by molar-refractivity contribution is 8.00. The molecule has 0 saturated heterocycles. The number of nitrogens with zero attached hydrogens (tertiary/aromatic N) is 2. The number of rotatable bonds is 6. The Labute approximate surface area is 140 Å². The standard InChI is InChI=1S/C16H20N4O2S/c1-10-9-11(2)18-16(17-10)20-19-15(21)12(3)23-14-7-5-13(22-4)6-8-14/h5-9,12H,1-4H3,(H,19,21)(H,17,18,20). The molecule has 1 atom stereocenters. The minimum absolute atomic E-state index is 0.145. The van der Waals surface area contributed by atoms with Crippen LogP contribution in [0.3, 0.4) is 0 Å². The first kappa shape index (κ1) is 17.1. The molecule has 0 aliphatic rings. The van der Waals surface area contributed by atoms with Gasteiger partial charge in [-0.05, 0) is 51.1 Å². The predicted molar refractivity (Wildman–Crippen MR) is 91.6 cm³/mol. The monoisotopic (exact) mass is 332 g/mol. The number of benzene rings is 1. The summed E-state index contributed by atoms with van der Waals surface area (Å²) in [5, 5.41) is -0.262. The van der Waals surface area contributed by atoms with E-state index in [2.05, 4.69) is 20.8 Å². The van der Waals surface area contributed by atoms with Gasteiger partial charge in [0.2, 0.25) is 5.95 Å². The van der Waals surface area contributed by atoms with Gasteiger partial charge < -0.3 is 4.74 Å². The van der Waals surface area contributed by atoms with Crippen LogP contribution < -0.4 is 15.6 Å². The summed E-state index contributed by atoms with van der Waals surface area (Å²) in [6.07, 6.45) is 0. The molecule has 0 fully saturated rings. The van der Waals surface area contributed by atoms with Crippen molar-refractivity contribution in [1.29, 1.82) is 0 Å². The summed E-state index contributed by atoms with van der Waals surface area (Å²) in [5.74, 6) is 1.03. The average Bonchev–Trinajstić information content (AvgIpc) is 2.52. The Morgan fingerprint density at radius 2 is 1.78 bits per heavy atom. The SMILES string of the molecule is COc1ccc(SC(C)C(=O)NNc2nc(C)cc(C)n2)cc1. The summed E-state index contributed by atoms with van der Waals surface area (Å²) in [6, 6.07) is 9.46. The highest BCUT2D eigenvalue weighted by Gasteiger charge is 2.14. The number of carbonyl (C=O) groups excluding carboxylic acids is 1. The van der Waals surface area contributed by atoms with E-state index in [-0.39, 0.29) is 11.2 Å². The van der Waals surface area contributed by atoms with E-state index in [1.807, 2.05) is 51.1 Å². The molecule has 0 radical (unpaired) electrons. The maximum Gasteiger partial charge on any atom is 0.251 e. The third kappa shape index (κ3) is 5.14. The van der Waals surface area contributed by atoms with Crippen molar-refractivity contribution in [2.24, 2.45) is 0 Å². The van der Waals surface area contributed by atoms with Gasteiger partial charge in [0.15, 0.2) is 0 Å². The number of nitrogens with one attached hydrogen (secondary N) is 2. The molecule has 1 aromatic carbocycles. The van der Waals surface area contributed by atoms with E-state index in [0.717, 1.165) is 22.0 Å². The first-order valence-electron chi connectivity index (χ1n) is 7.17. The Morgan fingerprint density at radius 1 is 1.17 bits per heavy atom. The highest BCUT2D eigenvalue weighted by atomic mass is 32.2. The summed E-state index contributed by atoms with van der Waals surface area (Å²) >= 11 is 1.46. The van der Waals surface area contributed by atoms with E-state index in [0.29, 0.717) is 5.95 Å². The molecule has 1 aromatic heterocycles. The lowest BCUT2D eigenvalue weighted by molar-refractivity contribution is -0.119. The van der Waals surface area contributed by atoms with Crippen LogP contribution in [0.4, 0.5) is 5.95 Å². The summed E-state index contributed by atoms with van der Waals surface area (Å²) < 4.78 is 5.12. The number of amides is 1. The van der Waals surface area contributed by atoms with Gasteiger partial charge in [-0.15, -0.1) is 11.8 Å². The maximum atomic E-state index is 12.1. The van der Waals surface area contributed by atoms with Crippen LogP contribution in [-0.2, 0) is 4.79 Å². The topological polar surface area (TPSA) is 76.1 Å². The molecule has 0 aliphatic carbocycles. The van der Waals surface area contributed by atoms with Crippen molar-refractivity contribution in [2.45, 2.75) is 30.9 Å². The molecule has 0 bridgehead atoms. The second kappa shape index (κ2) is 7.82. The fourth-order valence-corrected chi connectivity index (χ4v) is 2.78. The first-order valence-corrected chi connectivity index (χ1v) is 8.05. The fraction of sp³-hybridized carbons (Fsp3) is 0.312. The number of carbonyl (C=O) groups is 1. The molecule has 7 heteroatoms. The smallest absolute Gasteiger partial charge is 0.251 e. The number of thioether (sulfide) groups is 1. The van der Waals surface area contributed by atoms with Crippen LogP contribution in [-0.4, -0.2) is 28.2 Å². The predicted octanol–water partition coefficient (Wildman–Crippen LogP) is 2.73. The van der Waals surface area contributed by atoms with Gasteiger partial charge >= 0.3 is 0 Å². The molecule has 6 nitrogen and oxygen atoms in total. The molecule has 23 heavy (non-hydrogen) atoms. The van der Waals surface area contributed by atoms with E-state index < -0.39 is 0 Å². The molecule has 2 rings (SSSR count). The number of hydrogen-bond donors (Lipinski definition) is 2. The lowest BCUT2D eigenvalue weighted by Crippen LogP contribution is -2.36. The Balaban J connectivity index is 1.89. The molecule has 1 unspecified atom stereocenters. The van der Waals surface area contributed by atoms with Crippen LogP contribution in [0.2, 0.25) is 0 Å². The molecule has 0 saturated carbocycles. The zero-order valence-corrected chi connectivity index (χ0v) is 14.4. The summed E-state index contributed by atoms with van der Waals surface area (Å²) in [6.45, 7) is 5.60. The summed E-state index contributed by atoms with van der Waals surface area (Å²) in [4.78, 5) is 21.6. The Morgan fingerprint density at radius 3 is 2.35 bits per heavy atom. The highest BCUT2D eigenvalue weighted by Crippen LogP contribution is 2.25. The van der Waals surface area contributed by atoms with E-state index in [9.17, 15) is 4.79 Å². The second-order valence-electron chi connectivity index (χ2n) is 5.02. The number of aryl methyl sites for hydroxylation is 2. The number of hydrazine groups is 1. The van der Waals surface area contributed by atoms with Crippen LogP contribution in [0.5, 0.6) is 5.75 Å². The van der Waals surface area contributed by atoms with E-state index in [4.69, 9.17) is 4.74 Å². The number of anilines is 1. The Hall–Kier alpha value is -2.28. The van der Waals surface area contributed by atoms with Gasteiger partial charge in [0, 0.05) is 16.3 Å². The minimum Gasteiger partial charge on any atom is -0.497 e. The largest absolute Gasteiger partial charge is 0.497 e. The van der Waals surface area contributed by atoms with E-state index >= 15 is 0 Å². The fourth-order valence-electron chi connectivity index (χ4n) is 1.91. The normalized spacial score (nSPS) is 11.7. The van der Waals surface area contributed by atoms with Crippen LogP contribution >= 0.6 is 11.8 Å². The molecule has 2 aromatic rings. The van der Waals surface area contributed by atoms with Crippen molar-refractivity contribution in [3.63, 3.8) is 0 Å². The zero-order chi connectivity index (χ0) is 16.8. The molecule has 1 heterocycles. The average molecular weight is 332 g/mol. The molecule has 0 aliphatic heterocycles. The van der Waals surface area contributed by atoms with Gasteiger partial charge in [-0.3, -0.25) is 15.6 Å². The number of ether oxygens (including phenoxy) is 1. The lowest BCUT2D eigenvalue weighted by atomic mass is 10.3. The number of hydrogen-bond acceptors (Lipinski definition) is 6. The van der Waals surface area contributed by atoms with E-state index in [1.165, 1.54) is 11.8 Å². The quantitative estimate of drug-likeness (QED) is 0.626.